The van der Waals surface area contributed by atoms with Gasteiger partial charge in [-0.05, 0) is 0 Å². The van der Waals surface area contributed by atoms with Crippen molar-refractivity contribution in [2.45, 2.75) is 19.5 Å². The van der Waals surface area contributed by atoms with Gasteiger partial charge in [-0.25, -0.2) is 12.2 Å². The van der Waals surface area contributed by atoms with Crippen molar-refractivity contribution < 1.29 is 19.2 Å². The van der Waals surface area contributed by atoms with E-state index in [0.29, 0.717) is 0 Å². The van der Waals surface area contributed by atoms with Gasteiger partial charge in [0.15, 0.2) is 0 Å². The second-order valence-corrected chi connectivity index (χ2v) is 10.8. The molecule has 0 nitrogen and oxygen atoms in total. The van der Waals surface area contributed by atoms with Crippen LogP contribution in [0.1, 0.15) is 6.42 Å². The molecule has 2 aromatic carbocycles. The molecule has 1 aliphatic rings. The number of hydrogen-bond acceptors (Lipinski definition) is 0. The Kier molecular flexibility index (Phi) is 14.3. The number of benzene rings is 1. The van der Waals surface area contributed by atoms with Crippen molar-refractivity contribution in [3.05, 3.63) is 81.6 Å². The number of hydrogen-bond donors (Lipinski definition) is 0. The molecule has 3 rings (SSSR count). The molecule has 0 N–H and O–H groups in total. The second-order valence-electron chi connectivity index (χ2n) is 4.16. The first-order valence-corrected chi connectivity index (χ1v) is 10.9. The van der Waals surface area contributed by atoms with Crippen LogP contribution in [0, 0.1) is 20.9 Å². The third kappa shape index (κ3) is 10.1. The van der Waals surface area contributed by atoms with Crippen LogP contribution in [0.2, 0.25) is 13.1 Å². The molecule has 0 radical (unpaired) electrons. The van der Waals surface area contributed by atoms with Gasteiger partial charge < -0.3 is 14.9 Å². The zero-order valence-electron chi connectivity index (χ0n) is 13.0. The van der Waals surface area contributed by atoms with Crippen LogP contribution in [0.25, 0.3) is 10.8 Å². The van der Waals surface area contributed by atoms with Gasteiger partial charge in [0.25, 0.3) is 0 Å². The molecule has 0 amide bonds. The van der Waals surface area contributed by atoms with Crippen molar-refractivity contribution in [3.8, 4) is 0 Å². The van der Waals surface area contributed by atoms with E-state index in [1.54, 1.807) is 0 Å². The fraction of sp³-hybridized carbons (Fsp3) is 0.167. The third-order valence-corrected chi connectivity index (χ3v) is 2.13. The summed E-state index contributed by atoms with van der Waals surface area (Å²) in [4.78, 5) is 0. The first-order chi connectivity index (χ1) is 8.70. The number of fused-ring (bicyclic) bond motifs is 1. The molecule has 0 bridgehead atoms. The molecule has 0 saturated heterocycles. The topological polar surface area (TPSA) is 0 Å². The Balaban J connectivity index is 0. The zero-order chi connectivity index (χ0) is 13.2. The number of rotatable bonds is 0. The van der Waals surface area contributed by atoms with Crippen LogP contribution in [-0.2, 0) is 19.2 Å². The van der Waals surface area contributed by atoms with Crippen LogP contribution in [0.3, 0.4) is 0 Å². The Bertz CT molecular complexity index is 491. The fourth-order valence-electron chi connectivity index (χ4n) is 1.41. The van der Waals surface area contributed by atoms with E-state index >= 15 is 0 Å². The summed E-state index contributed by atoms with van der Waals surface area (Å²) in [5, 5.41) is 2.66. The quantitative estimate of drug-likeness (QED) is 0.441. The zero-order valence-corrected chi connectivity index (χ0v) is 15.5. The van der Waals surface area contributed by atoms with Crippen LogP contribution in [-0.4, -0.2) is 6.19 Å². The first kappa shape index (κ1) is 21.5. The van der Waals surface area contributed by atoms with Crippen LogP contribution in [0.15, 0.2) is 60.7 Å². The van der Waals surface area contributed by atoms with Crippen molar-refractivity contribution in [1.29, 1.82) is 0 Å². The molecule has 0 spiro atoms. The van der Waals surface area contributed by atoms with Crippen molar-refractivity contribution in [2.24, 2.45) is 0 Å². The van der Waals surface area contributed by atoms with Gasteiger partial charge in [0, 0.05) is 0 Å². The van der Waals surface area contributed by atoms with Gasteiger partial charge in [-0.3, -0.25) is 6.08 Å². The first-order valence-electron chi connectivity index (χ1n) is 6.04. The molecule has 108 valence electrons. The third-order valence-electron chi connectivity index (χ3n) is 2.13. The minimum atomic E-state index is 0. The Labute approximate surface area is 137 Å². The largest absolute Gasteiger partial charge is 0.358 e. The summed E-state index contributed by atoms with van der Waals surface area (Å²) in [6.07, 6.45) is 10.1. The van der Waals surface area contributed by atoms with Gasteiger partial charge in [0.05, 0.1) is 0 Å². The average Bonchev–Trinajstić information content (AvgIpc) is 3.03. The van der Waals surface area contributed by atoms with E-state index in [4.69, 9.17) is 0 Å². The van der Waals surface area contributed by atoms with Crippen molar-refractivity contribution in [3.63, 3.8) is 0 Å². The maximum absolute atomic E-state index is 2.99. The Morgan fingerprint density at radius 3 is 2.25 bits per heavy atom. The maximum Gasteiger partial charge on any atom is -0.0809 e. The summed E-state index contributed by atoms with van der Waals surface area (Å²) < 4.78 is 0. The summed E-state index contributed by atoms with van der Waals surface area (Å²) in [5.41, 5.74) is 0. The van der Waals surface area contributed by atoms with Crippen LogP contribution >= 0.6 is 0 Å². The standard InChI is InChI=1S/C9H7.C5H5.C2H6Si.2CH3.Ti/c1-2-5-9-7-3-6-8(9)4-1;1-2-4-5-3-1;1-3-2;;;/h1-7H;1-3H,4H2;1-2H3;2*1H3;/q2*-1;;2*-1;. The molecule has 20 heavy (non-hydrogen) atoms. The minimum Gasteiger partial charge on any atom is -0.358 e. The predicted molar refractivity (Wildman–Crippen MR) is 91.4 cm³/mol. The molecule has 2 heteroatoms. The molecule has 0 aromatic heterocycles. The Morgan fingerprint density at radius 1 is 1.15 bits per heavy atom. The van der Waals surface area contributed by atoms with E-state index in [9.17, 15) is 0 Å². The van der Waals surface area contributed by atoms with Gasteiger partial charge in [-0.15, -0.1) is 36.1 Å². The van der Waals surface area contributed by atoms with Crippen LogP contribution in [0.4, 0.5) is 0 Å². The Hall–Kier alpha value is -0.759. The van der Waals surface area contributed by atoms with Crippen molar-refractivity contribution in [1.82, 2.24) is 0 Å². The van der Waals surface area contributed by atoms with E-state index in [-0.39, 0.29) is 21.0 Å². The smallest absolute Gasteiger partial charge is 0.0809 e. The average molecular weight is 316 g/mol. The summed E-state index contributed by atoms with van der Waals surface area (Å²) in [6, 6.07) is 14.7. The van der Waals surface area contributed by atoms with E-state index in [1.165, 1.54) is 10.8 Å². The van der Waals surface area contributed by atoms with E-state index in [1.807, 2.05) is 12.2 Å². The Morgan fingerprint density at radius 2 is 1.80 bits per heavy atom. The van der Waals surface area contributed by atoms with Gasteiger partial charge in [-0.1, -0.05) is 6.07 Å². The van der Waals surface area contributed by atoms with Crippen LogP contribution < -0.4 is 0 Å². The predicted octanol–water partition coefficient (Wildman–Crippen LogP) is 5.55. The summed E-state index contributed by atoms with van der Waals surface area (Å²) >= 11 is 2.27. The van der Waals surface area contributed by atoms with Gasteiger partial charge in [-0.2, -0.15) is 23.6 Å². The van der Waals surface area contributed by atoms with Crippen LogP contribution in [0.5, 0.6) is 0 Å². The monoisotopic (exact) mass is 316 g/mol. The molecule has 0 saturated carbocycles. The van der Waals surface area contributed by atoms with Crippen molar-refractivity contribution >= 4 is 17.0 Å². The van der Waals surface area contributed by atoms with Crippen molar-refractivity contribution in [2.75, 3.05) is 0 Å². The SMILES string of the molecule is C[Si](C)=[Ti].[C-]1=CC=CC1.[CH3-].[CH3-].c1ccc2[cH-]ccc2c1. The molecule has 1 aliphatic carbocycles. The molecule has 0 aliphatic heterocycles. The molecule has 0 unspecified atom stereocenters. The molecule has 0 heterocycles. The van der Waals surface area contributed by atoms with Gasteiger partial charge >= 0.3 is 38.5 Å². The maximum atomic E-state index is 2.99. The summed E-state index contributed by atoms with van der Waals surface area (Å²) in [6.45, 7) is 4.54. The normalized spacial score (nSPS) is 10.2. The molecule has 2 aromatic rings. The minimum absolute atomic E-state index is 0. The second kappa shape index (κ2) is 13.2. The van der Waals surface area contributed by atoms with Gasteiger partial charge in [0.2, 0.25) is 0 Å². The molecular formula is C18H24SiTi-4. The van der Waals surface area contributed by atoms with E-state index in [2.05, 4.69) is 86.9 Å². The fourth-order valence-corrected chi connectivity index (χ4v) is 1.41. The summed E-state index contributed by atoms with van der Waals surface area (Å²) in [5.74, 6) is 0. The van der Waals surface area contributed by atoms with E-state index in [0.717, 1.165) is 6.42 Å². The molecular weight excluding hydrogens is 292 g/mol. The number of allylic oxidation sites excluding steroid dienone is 4. The molecule has 0 atom stereocenters. The van der Waals surface area contributed by atoms with E-state index < -0.39 is 0 Å². The van der Waals surface area contributed by atoms with Gasteiger partial charge in [0.1, 0.15) is 0 Å². The molecule has 0 fully saturated rings. The summed E-state index contributed by atoms with van der Waals surface area (Å²) in [7, 11) is 0.